The molecular formula is C8H20Na4O28S8. The van der Waals surface area contributed by atoms with E-state index in [0.29, 0.717) is 0 Å². The molecule has 0 aromatic heterocycles. The molecule has 0 amide bonds. The Balaban J connectivity index is -0.0000000721. The van der Waals surface area contributed by atoms with Crippen molar-refractivity contribution in [2.45, 2.75) is 0 Å². The maximum atomic E-state index is 10.2. The van der Waals surface area contributed by atoms with Crippen LogP contribution in [0.5, 0.6) is 0 Å². The van der Waals surface area contributed by atoms with Gasteiger partial charge in [-0.3, -0.25) is 0 Å². The molecule has 272 valence electrons. The Labute approximate surface area is 363 Å². The van der Waals surface area contributed by atoms with Gasteiger partial charge in [0.25, 0.3) is 40.5 Å². The zero-order valence-electron chi connectivity index (χ0n) is 24.5. The van der Waals surface area contributed by atoms with Crippen molar-refractivity contribution in [3.8, 4) is 0 Å². The van der Waals surface area contributed by atoms with Crippen molar-refractivity contribution in [2.24, 2.45) is 0 Å². The largest absolute Gasteiger partial charge is 1.00 e. The van der Waals surface area contributed by atoms with Gasteiger partial charge in [-0.1, -0.05) is 0 Å². The molecule has 0 saturated heterocycles. The van der Waals surface area contributed by atoms with Crippen molar-refractivity contribution >= 4 is 80.9 Å². The third kappa shape index (κ3) is 61.2. The van der Waals surface area contributed by atoms with Crippen LogP contribution in [-0.2, 0) is 98.3 Å². The van der Waals surface area contributed by atoms with Gasteiger partial charge in [0, 0.05) is 0 Å². The van der Waals surface area contributed by atoms with Crippen LogP contribution in [0.4, 0.5) is 0 Å². The maximum absolute atomic E-state index is 10.2. The molecule has 0 rings (SSSR count). The fraction of sp³-hybridized carbons (Fsp3) is 1.00. The van der Waals surface area contributed by atoms with Crippen LogP contribution in [0.2, 0.25) is 0 Å². The zero-order chi connectivity index (χ0) is 36.5. The molecule has 0 heterocycles. The number of hydrogen-bond donors (Lipinski definition) is 4. The summed E-state index contributed by atoms with van der Waals surface area (Å²) >= 11 is 0. The quantitative estimate of drug-likeness (QED) is 0.0483. The van der Waals surface area contributed by atoms with Gasteiger partial charge in [-0.25, -0.2) is 54.7 Å². The third-order valence-electron chi connectivity index (χ3n) is 2.79. The van der Waals surface area contributed by atoms with Crippen LogP contribution in [0, 0.1) is 0 Å². The van der Waals surface area contributed by atoms with Crippen LogP contribution in [0.1, 0.15) is 0 Å². The Morgan fingerprint density at radius 2 is 0.396 bits per heavy atom. The molecule has 0 aliphatic carbocycles. The van der Waals surface area contributed by atoms with Gasteiger partial charge in [0.2, 0.25) is 0 Å². The van der Waals surface area contributed by atoms with E-state index in [1.165, 1.54) is 0 Å². The third-order valence-corrected chi connectivity index (χ3v) is 10.4. The van der Waals surface area contributed by atoms with E-state index in [-0.39, 0.29) is 118 Å². The predicted octanol–water partition coefficient (Wildman–Crippen LogP) is -18.6. The summed E-state index contributed by atoms with van der Waals surface area (Å²) < 4.78 is 211. The van der Waals surface area contributed by atoms with Crippen molar-refractivity contribution in [1.82, 2.24) is 0 Å². The summed E-state index contributed by atoms with van der Waals surface area (Å²) in [7, 11) is -35.5. The van der Waals surface area contributed by atoms with E-state index < -0.39 is 127 Å². The van der Waals surface area contributed by atoms with Gasteiger partial charge in [-0.05, 0) is 0 Å². The summed E-state index contributed by atoms with van der Waals surface area (Å²) in [5.41, 5.74) is 0. The fourth-order valence-electron chi connectivity index (χ4n) is 0.966. The van der Waals surface area contributed by atoms with Crippen LogP contribution < -0.4 is 118 Å². The second kappa shape index (κ2) is 30.4. The monoisotopic (exact) mass is 912 g/mol. The Morgan fingerprint density at radius 3 is 0.458 bits per heavy atom. The molecule has 0 aromatic rings. The summed E-state index contributed by atoms with van der Waals surface area (Å²) in [6, 6.07) is 0. The summed E-state index contributed by atoms with van der Waals surface area (Å²) in [6.07, 6.45) is 0. The molecule has 0 atom stereocenters. The summed E-state index contributed by atoms with van der Waals surface area (Å²) in [5.74, 6) is -8.65. The van der Waals surface area contributed by atoms with Gasteiger partial charge in [0.1, 0.15) is 0 Å². The van der Waals surface area contributed by atoms with E-state index in [4.69, 9.17) is 21.0 Å². The second-order valence-electron chi connectivity index (χ2n) is 6.39. The van der Waals surface area contributed by atoms with Crippen LogP contribution in [0.25, 0.3) is 0 Å². The second-order valence-corrected chi connectivity index (χ2v) is 19.2. The van der Waals surface area contributed by atoms with E-state index >= 15 is 0 Å². The average molecular weight is 913 g/mol. The fourth-order valence-corrected chi connectivity index (χ4v) is 7.80. The molecule has 0 aromatic carbocycles. The normalized spacial score (nSPS) is 12.2. The molecule has 4 N–H and O–H groups in total. The van der Waals surface area contributed by atoms with Gasteiger partial charge in [0.15, 0.2) is 0 Å². The van der Waals surface area contributed by atoms with Crippen molar-refractivity contribution in [1.29, 1.82) is 0 Å². The van der Waals surface area contributed by atoms with Gasteiger partial charge >= 0.3 is 118 Å². The molecule has 0 radical (unpaired) electrons. The molecule has 28 nitrogen and oxygen atoms in total. The van der Waals surface area contributed by atoms with Crippen LogP contribution in [0.3, 0.4) is 0 Å². The summed E-state index contributed by atoms with van der Waals surface area (Å²) in [5, 5.41) is 30.4. The molecule has 0 unspecified atom stereocenters. The van der Waals surface area contributed by atoms with Crippen molar-refractivity contribution < 1.29 is 242 Å². The predicted molar refractivity (Wildman–Crippen MR) is 128 cm³/mol. The Morgan fingerprint density at radius 1 is 0.292 bits per heavy atom. The first-order valence-corrected chi connectivity index (χ1v) is 21.7. The van der Waals surface area contributed by atoms with Crippen LogP contribution >= 0.6 is 0 Å². The summed E-state index contributed by atoms with van der Waals surface area (Å²) in [4.78, 5) is 0. The maximum Gasteiger partial charge on any atom is 1.00 e. The Kier molecular flexibility index (Phi) is 43.7. The molecular weight excluding hydrogens is 893 g/mol. The van der Waals surface area contributed by atoms with Gasteiger partial charge in [-0.2, -0.15) is 33.7 Å². The number of rotatable bonds is 16. The van der Waals surface area contributed by atoms with Crippen molar-refractivity contribution in [2.75, 3.05) is 46.0 Å². The first-order chi connectivity index (χ1) is 19.1. The minimum atomic E-state index is -4.59. The van der Waals surface area contributed by atoms with E-state index in [1.54, 1.807) is 0 Å². The first-order valence-electron chi connectivity index (χ1n) is 9.04. The molecule has 0 aliphatic rings. The molecule has 48 heavy (non-hydrogen) atoms. The minimum absolute atomic E-state index is 0. The van der Waals surface area contributed by atoms with E-state index in [9.17, 15) is 85.6 Å². The average Bonchev–Trinajstić information content (AvgIpc) is 2.84. The van der Waals surface area contributed by atoms with Gasteiger partial charge < -0.3 is 18.2 Å². The topological polar surface area (TPSA) is 483 Å². The molecule has 0 saturated carbocycles. The van der Waals surface area contributed by atoms with Crippen molar-refractivity contribution in [3.63, 3.8) is 0 Å². The Hall–Kier alpha value is 3.12. The molecule has 40 heteroatoms. The Bertz CT molecular complexity index is 1470. The van der Waals surface area contributed by atoms with Crippen LogP contribution in [-0.4, -0.2) is 153 Å². The number of hydrogen-bond acceptors (Lipinski definition) is 28. The molecule has 0 aliphatic heterocycles. The molecule has 0 spiro atoms. The smallest absolute Gasteiger partial charge is 0.748 e. The van der Waals surface area contributed by atoms with Crippen LogP contribution in [0.15, 0.2) is 0 Å². The molecule has 0 bridgehead atoms. The SMILES string of the molecule is O=S(=O)([O-])CCS(=O)(=O)OO.O=S(=O)([O-])CCS(=O)(=O)OO.O=S(=O)([O-])CCS(=O)(=O)OO.O=S(=O)([O-])CCS(=O)(=O)OO.[Na+].[Na+].[Na+].[Na+]. The summed E-state index contributed by atoms with van der Waals surface area (Å²) in [6.45, 7) is 0. The first kappa shape index (κ1) is 69.1. The van der Waals surface area contributed by atoms with E-state index in [0.717, 1.165) is 0 Å². The zero-order valence-corrected chi connectivity index (χ0v) is 39.0. The van der Waals surface area contributed by atoms with Crippen molar-refractivity contribution in [3.05, 3.63) is 0 Å². The minimum Gasteiger partial charge on any atom is -0.748 e. The molecule has 0 fully saturated rings. The van der Waals surface area contributed by atoms with Gasteiger partial charge in [-0.15, -0.1) is 17.3 Å². The van der Waals surface area contributed by atoms with Gasteiger partial charge in [0.05, 0.1) is 86.5 Å². The standard InChI is InChI=1S/4C2H6O7S2.4Na/c4*3-9-11(7,8)2-1-10(4,5)6;;;;/h4*3H,1-2H2,(H,4,5,6);;;;/q;;;;4*+1/p-4. The van der Waals surface area contributed by atoms with E-state index in [2.05, 4.69) is 17.3 Å². The van der Waals surface area contributed by atoms with E-state index in [1.807, 2.05) is 0 Å².